The Morgan fingerprint density at radius 1 is 1.27 bits per heavy atom. The van der Waals surface area contributed by atoms with Crippen molar-refractivity contribution in [1.82, 2.24) is 15.5 Å². The quantitative estimate of drug-likeness (QED) is 0.707. The van der Waals surface area contributed by atoms with Gasteiger partial charge in [-0.2, -0.15) is 15.4 Å². The van der Waals surface area contributed by atoms with Crippen LogP contribution in [0.15, 0.2) is 40.4 Å². The molecular formula is C19H16Cl2N6O3. The van der Waals surface area contributed by atoms with Gasteiger partial charge in [-0.05, 0) is 18.1 Å². The van der Waals surface area contributed by atoms with Gasteiger partial charge in [0.05, 0.1) is 39.6 Å². The summed E-state index contributed by atoms with van der Waals surface area (Å²) in [6.45, 7) is 7.40. The smallest absolute Gasteiger partial charge is 0.347 e. The number of carbonyl (C=O) groups is 1. The molecule has 0 bridgehead atoms. The van der Waals surface area contributed by atoms with Crippen LogP contribution in [0, 0.1) is 11.3 Å². The molecule has 11 heteroatoms. The van der Waals surface area contributed by atoms with Crippen LogP contribution in [-0.4, -0.2) is 21.9 Å². The van der Waals surface area contributed by atoms with Gasteiger partial charge in [0.25, 0.3) is 5.56 Å². The van der Waals surface area contributed by atoms with Crippen LogP contribution in [0.25, 0.3) is 0 Å². The third-order valence-corrected chi connectivity index (χ3v) is 4.69. The van der Waals surface area contributed by atoms with Crippen molar-refractivity contribution in [2.24, 2.45) is 5.10 Å². The molecule has 0 saturated heterocycles. The highest BCUT2D eigenvalue weighted by molar-refractivity contribution is 6.37. The number of aromatic nitrogens is 2. The Morgan fingerprint density at radius 3 is 2.53 bits per heavy atom. The maximum absolute atomic E-state index is 12.3. The number of hydrogen-bond donors (Lipinski definition) is 2. The monoisotopic (exact) mass is 446 g/mol. The maximum Gasteiger partial charge on any atom is 0.347 e. The molecule has 2 N–H and O–H groups in total. The predicted octanol–water partition coefficient (Wildman–Crippen LogP) is 4.31. The highest BCUT2D eigenvalue weighted by atomic mass is 35.5. The van der Waals surface area contributed by atoms with E-state index in [1.807, 2.05) is 19.9 Å². The fraction of sp³-hybridized carbons (Fsp3) is 0.211. The van der Waals surface area contributed by atoms with E-state index < -0.39 is 6.03 Å². The van der Waals surface area contributed by atoms with Crippen LogP contribution in [0.3, 0.4) is 0 Å². The normalized spacial score (nSPS) is 13.7. The van der Waals surface area contributed by atoms with Crippen molar-refractivity contribution >= 4 is 40.6 Å². The Labute approximate surface area is 181 Å². The van der Waals surface area contributed by atoms with Crippen LogP contribution < -0.4 is 20.6 Å². The molecule has 1 aromatic heterocycles. The molecule has 1 aromatic carbocycles. The number of amides is 2. The maximum atomic E-state index is 12.3. The van der Waals surface area contributed by atoms with Crippen molar-refractivity contribution in [3.8, 4) is 17.7 Å². The Morgan fingerprint density at radius 2 is 1.93 bits per heavy atom. The highest BCUT2D eigenvalue weighted by Crippen LogP contribution is 2.40. The first kappa shape index (κ1) is 21.4. The standard InChI is InChI=1S/C19H16Cl2N6O3/c1-9(2)12-8-16(24-25-18(12)28)30-17-13(20)6-11(7-14(17)21)27-19(29)23-10(3)15(26-27)4-5-22/h6-9H,3-4H2,1-2H3,(H,23,29)(H,25,28). The van der Waals surface area contributed by atoms with Gasteiger partial charge in [-0.25, -0.2) is 9.89 Å². The summed E-state index contributed by atoms with van der Waals surface area (Å²) in [5.74, 6) is 0.163. The number of ether oxygens (including phenoxy) is 1. The second-order valence-electron chi connectivity index (χ2n) is 6.59. The number of aromatic amines is 1. The number of nitrogens with one attached hydrogen (secondary N) is 2. The zero-order chi connectivity index (χ0) is 22.0. The molecule has 0 saturated carbocycles. The first-order valence-corrected chi connectivity index (χ1v) is 9.48. The molecule has 0 aliphatic carbocycles. The molecule has 9 nitrogen and oxygen atoms in total. The van der Waals surface area contributed by atoms with Crippen LogP contribution in [0.5, 0.6) is 11.6 Å². The Hall–Kier alpha value is -3.35. The average molecular weight is 447 g/mol. The summed E-state index contributed by atoms with van der Waals surface area (Å²) < 4.78 is 5.67. The van der Waals surface area contributed by atoms with Crippen molar-refractivity contribution < 1.29 is 9.53 Å². The number of hydrogen-bond acceptors (Lipinski definition) is 6. The minimum absolute atomic E-state index is 0.0334. The summed E-state index contributed by atoms with van der Waals surface area (Å²) in [4.78, 5) is 24.1. The summed E-state index contributed by atoms with van der Waals surface area (Å²) in [7, 11) is 0. The summed E-state index contributed by atoms with van der Waals surface area (Å²) >= 11 is 12.7. The van der Waals surface area contributed by atoms with E-state index in [9.17, 15) is 9.59 Å². The molecule has 154 valence electrons. The SMILES string of the molecule is C=C1NC(=O)N(c2cc(Cl)c(Oc3cc(C(C)C)c(=O)[nH]n3)c(Cl)c2)N=C1CC#N. The van der Waals surface area contributed by atoms with Crippen molar-refractivity contribution in [3.63, 3.8) is 0 Å². The van der Waals surface area contributed by atoms with Crippen LogP contribution in [0.4, 0.5) is 10.5 Å². The van der Waals surface area contributed by atoms with Gasteiger partial charge in [0.15, 0.2) is 5.75 Å². The molecule has 1 aliphatic rings. The summed E-state index contributed by atoms with van der Waals surface area (Å²) in [5, 5.41) is 23.0. The number of urea groups is 1. The number of hydrazone groups is 1. The second kappa shape index (κ2) is 8.57. The minimum Gasteiger partial charge on any atom is -0.434 e. The summed E-state index contributed by atoms with van der Waals surface area (Å²) in [5.41, 5.74) is 1.00. The van der Waals surface area contributed by atoms with E-state index in [0.717, 1.165) is 5.01 Å². The largest absolute Gasteiger partial charge is 0.434 e. The molecular weight excluding hydrogens is 431 g/mol. The molecule has 2 aromatic rings. The van der Waals surface area contributed by atoms with Gasteiger partial charge in [-0.3, -0.25) is 4.79 Å². The third kappa shape index (κ3) is 4.30. The number of allylic oxidation sites excluding steroid dienone is 1. The molecule has 0 spiro atoms. The van der Waals surface area contributed by atoms with E-state index >= 15 is 0 Å². The van der Waals surface area contributed by atoms with E-state index in [2.05, 4.69) is 27.2 Å². The first-order valence-electron chi connectivity index (χ1n) is 8.72. The third-order valence-electron chi connectivity index (χ3n) is 4.13. The van der Waals surface area contributed by atoms with E-state index in [1.54, 1.807) is 0 Å². The lowest BCUT2D eigenvalue weighted by atomic mass is 10.1. The predicted molar refractivity (Wildman–Crippen MR) is 113 cm³/mol. The Balaban J connectivity index is 1.96. The number of rotatable bonds is 5. The van der Waals surface area contributed by atoms with Crippen LogP contribution in [0.2, 0.25) is 10.0 Å². The van der Waals surface area contributed by atoms with Gasteiger partial charge in [0, 0.05) is 11.6 Å². The topological polar surface area (TPSA) is 123 Å². The number of nitrogens with zero attached hydrogens (tertiary/aromatic N) is 4. The van der Waals surface area contributed by atoms with Crippen LogP contribution >= 0.6 is 23.2 Å². The number of H-pyrrole nitrogens is 1. The number of nitriles is 1. The number of anilines is 1. The molecule has 30 heavy (non-hydrogen) atoms. The minimum atomic E-state index is -0.577. The molecule has 0 atom stereocenters. The fourth-order valence-electron chi connectivity index (χ4n) is 2.63. The lowest BCUT2D eigenvalue weighted by Gasteiger charge is -2.25. The Kier molecular flexibility index (Phi) is 6.10. The highest BCUT2D eigenvalue weighted by Gasteiger charge is 2.26. The zero-order valence-electron chi connectivity index (χ0n) is 16.0. The molecule has 2 heterocycles. The van der Waals surface area contributed by atoms with Crippen molar-refractivity contribution in [1.29, 1.82) is 5.26 Å². The van der Waals surface area contributed by atoms with E-state index in [1.165, 1.54) is 18.2 Å². The second-order valence-corrected chi connectivity index (χ2v) is 7.40. The Bertz CT molecular complexity index is 1140. The number of halogens is 2. The lowest BCUT2D eigenvalue weighted by molar-refractivity contribution is 0.248. The van der Waals surface area contributed by atoms with Gasteiger partial charge in [-0.15, -0.1) is 5.10 Å². The average Bonchev–Trinajstić information content (AvgIpc) is 2.67. The summed E-state index contributed by atoms with van der Waals surface area (Å²) in [6, 6.07) is 5.74. The van der Waals surface area contributed by atoms with E-state index in [0.29, 0.717) is 11.3 Å². The zero-order valence-corrected chi connectivity index (χ0v) is 17.5. The molecule has 2 amide bonds. The van der Waals surface area contributed by atoms with E-state index in [4.69, 9.17) is 33.2 Å². The summed E-state index contributed by atoms with van der Waals surface area (Å²) in [6.07, 6.45) is -0.0334. The fourth-order valence-corrected chi connectivity index (χ4v) is 3.18. The van der Waals surface area contributed by atoms with E-state index in [-0.39, 0.29) is 51.0 Å². The van der Waals surface area contributed by atoms with Crippen molar-refractivity contribution in [3.05, 3.63) is 56.4 Å². The number of carbonyl (C=O) groups excluding carboxylic acids is 1. The first-order chi connectivity index (χ1) is 14.2. The van der Waals surface area contributed by atoms with Crippen LogP contribution in [0.1, 0.15) is 31.7 Å². The molecule has 0 unspecified atom stereocenters. The molecule has 3 rings (SSSR count). The van der Waals surface area contributed by atoms with Gasteiger partial charge >= 0.3 is 6.03 Å². The van der Waals surface area contributed by atoms with Gasteiger partial charge in [0.1, 0.15) is 0 Å². The van der Waals surface area contributed by atoms with Crippen LogP contribution in [-0.2, 0) is 0 Å². The van der Waals surface area contributed by atoms with Gasteiger partial charge < -0.3 is 10.1 Å². The molecule has 1 aliphatic heterocycles. The molecule has 0 fully saturated rings. The lowest BCUT2D eigenvalue weighted by Crippen LogP contribution is -2.43. The molecule has 0 radical (unpaired) electrons. The van der Waals surface area contributed by atoms with Gasteiger partial charge in [-0.1, -0.05) is 43.6 Å². The van der Waals surface area contributed by atoms with Crippen molar-refractivity contribution in [2.75, 3.05) is 5.01 Å². The van der Waals surface area contributed by atoms with Gasteiger partial charge in [0.2, 0.25) is 5.88 Å². The van der Waals surface area contributed by atoms with Crippen molar-refractivity contribution in [2.45, 2.75) is 26.2 Å². The number of benzene rings is 1.